The van der Waals surface area contributed by atoms with Crippen molar-refractivity contribution in [3.05, 3.63) is 0 Å². The molecular weight excluding hydrogens is 284 g/mol. The number of rotatable bonds is 7. The van der Waals surface area contributed by atoms with E-state index in [9.17, 15) is 0 Å². The topological polar surface area (TPSA) is 6.48 Å². The Morgan fingerprint density at radius 3 is 2.38 bits per heavy atom. The number of halogens is 1. The Morgan fingerprint density at radius 1 is 1.06 bits per heavy atom. The Hall–Kier alpha value is 0.750. The van der Waals surface area contributed by atoms with Gasteiger partial charge in [-0.25, -0.2) is 0 Å². The molecule has 16 heavy (non-hydrogen) atoms. The third-order valence-corrected chi connectivity index (χ3v) is 4.39. The van der Waals surface area contributed by atoms with E-state index in [1.54, 1.807) is 0 Å². The van der Waals surface area contributed by atoms with Crippen LogP contribution in [-0.4, -0.2) is 65.9 Å². The van der Waals surface area contributed by atoms with Crippen molar-refractivity contribution in [3.63, 3.8) is 0 Å². The van der Waals surface area contributed by atoms with E-state index >= 15 is 0 Å². The van der Waals surface area contributed by atoms with Gasteiger partial charge in [0.05, 0.1) is 0 Å². The molecule has 4 heteroatoms. The molecule has 1 heterocycles. The Bertz CT molecular complexity index is 169. The molecule has 0 saturated carbocycles. The summed E-state index contributed by atoms with van der Waals surface area (Å²) in [7, 11) is 0. The van der Waals surface area contributed by atoms with E-state index in [2.05, 4.69) is 44.4 Å². The van der Waals surface area contributed by atoms with E-state index in [0.29, 0.717) is 0 Å². The van der Waals surface area contributed by atoms with Crippen LogP contribution in [0.2, 0.25) is 0 Å². The van der Waals surface area contributed by atoms with Crippen molar-refractivity contribution in [2.24, 2.45) is 0 Å². The number of hydrogen-bond acceptors (Lipinski definition) is 3. The van der Waals surface area contributed by atoms with Gasteiger partial charge in [-0.1, -0.05) is 22.9 Å². The fraction of sp³-hybridized carbons (Fsp3) is 1.00. The van der Waals surface area contributed by atoms with Crippen LogP contribution in [-0.2, 0) is 0 Å². The van der Waals surface area contributed by atoms with Crippen LogP contribution in [0.3, 0.4) is 0 Å². The average Bonchev–Trinajstić information content (AvgIpc) is 2.51. The molecule has 1 aliphatic rings. The van der Waals surface area contributed by atoms with Gasteiger partial charge in [0.25, 0.3) is 0 Å². The van der Waals surface area contributed by atoms with Crippen LogP contribution in [0.15, 0.2) is 0 Å². The standard InChI is InChI=1S/C12H25BrN2S/c1-2-16-12-4-8-14-6-3-7-15(9-5-13)11-10-14/h2-12H2,1H3. The second kappa shape index (κ2) is 9.75. The summed E-state index contributed by atoms with van der Waals surface area (Å²) in [6.07, 6.45) is 2.70. The SMILES string of the molecule is CCSCCCN1CCCN(CCBr)CC1. The van der Waals surface area contributed by atoms with E-state index in [0.717, 1.165) is 5.33 Å². The van der Waals surface area contributed by atoms with E-state index in [1.807, 2.05) is 0 Å². The van der Waals surface area contributed by atoms with Crippen molar-refractivity contribution < 1.29 is 0 Å². The summed E-state index contributed by atoms with van der Waals surface area (Å²) in [6, 6.07) is 0. The maximum absolute atomic E-state index is 3.53. The highest BCUT2D eigenvalue weighted by Gasteiger charge is 2.13. The van der Waals surface area contributed by atoms with E-state index in [1.165, 1.54) is 63.6 Å². The second-order valence-corrected chi connectivity index (χ2v) is 6.46. The third-order valence-electron chi connectivity index (χ3n) is 3.05. The molecule has 0 unspecified atom stereocenters. The van der Waals surface area contributed by atoms with Gasteiger partial charge in [0, 0.05) is 25.0 Å². The highest BCUT2D eigenvalue weighted by Crippen LogP contribution is 2.06. The molecule has 0 radical (unpaired) electrons. The number of thioether (sulfide) groups is 1. The second-order valence-electron chi connectivity index (χ2n) is 4.28. The summed E-state index contributed by atoms with van der Waals surface area (Å²) in [5.41, 5.74) is 0. The lowest BCUT2D eigenvalue weighted by Crippen LogP contribution is -2.32. The average molecular weight is 309 g/mol. The molecule has 0 aliphatic carbocycles. The Balaban J connectivity index is 2.10. The van der Waals surface area contributed by atoms with Crippen LogP contribution in [0.5, 0.6) is 0 Å². The van der Waals surface area contributed by atoms with Crippen LogP contribution in [0.4, 0.5) is 0 Å². The first kappa shape index (κ1) is 14.8. The molecule has 0 amide bonds. The molecule has 96 valence electrons. The van der Waals surface area contributed by atoms with Crippen molar-refractivity contribution in [2.75, 3.05) is 56.1 Å². The predicted octanol–water partition coefficient (Wildman–Crippen LogP) is 2.53. The molecular formula is C12H25BrN2S. The number of alkyl halides is 1. The Labute approximate surface area is 113 Å². The maximum atomic E-state index is 3.53. The molecule has 1 fully saturated rings. The van der Waals surface area contributed by atoms with Crippen LogP contribution in [0, 0.1) is 0 Å². The van der Waals surface area contributed by atoms with Crippen LogP contribution >= 0.6 is 27.7 Å². The van der Waals surface area contributed by atoms with E-state index < -0.39 is 0 Å². The molecule has 0 N–H and O–H groups in total. The van der Waals surface area contributed by atoms with Crippen LogP contribution in [0.25, 0.3) is 0 Å². The Morgan fingerprint density at radius 2 is 1.75 bits per heavy atom. The van der Waals surface area contributed by atoms with Gasteiger partial charge < -0.3 is 9.80 Å². The van der Waals surface area contributed by atoms with Crippen molar-refractivity contribution in [3.8, 4) is 0 Å². The van der Waals surface area contributed by atoms with Gasteiger partial charge in [-0.15, -0.1) is 0 Å². The quantitative estimate of drug-likeness (QED) is 0.527. The fourth-order valence-electron chi connectivity index (χ4n) is 2.13. The largest absolute Gasteiger partial charge is 0.302 e. The van der Waals surface area contributed by atoms with Gasteiger partial charge in [0.1, 0.15) is 0 Å². The van der Waals surface area contributed by atoms with Gasteiger partial charge >= 0.3 is 0 Å². The van der Waals surface area contributed by atoms with Crippen molar-refractivity contribution in [1.82, 2.24) is 9.80 Å². The first-order valence-electron chi connectivity index (χ1n) is 6.45. The molecule has 0 bridgehead atoms. The molecule has 0 atom stereocenters. The van der Waals surface area contributed by atoms with E-state index in [4.69, 9.17) is 0 Å². The van der Waals surface area contributed by atoms with Crippen molar-refractivity contribution in [2.45, 2.75) is 19.8 Å². The van der Waals surface area contributed by atoms with Crippen LogP contribution in [0.1, 0.15) is 19.8 Å². The smallest absolute Gasteiger partial charge is 0.0159 e. The molecule has 2 nitrogen and oxygen atoms in total. The molecule has 0 aromatic heterocycles. The first-order valence-corrected chi connectivity index (χ1v) is 8.73. The zero-order valence-electron chi connectivity index (χ0n) is 10.5. The summed E-state index contributed by atoms with van der Waals surface area (Å²) in [6.45, 7) is 9.86. The summed E-state index contributed by atoms with van der Waals surface area (Å²) in [4.78, 5) is 5.22. The lowest BCUT2D eigenvalue weighted by molar-refractivity contribution is 0.265. The summed E-state index contributed by atoms with van der Waals surface area (Å²) < 4.78 is 0. The minimum Gasteiger partial charge on any atom is -0.302 e. The zero-order valence-corrected chi connectivity index (χ0v) is 12.9. The van der Waals surface area contributed by atoms with Gasteiger partial charge in [-0.2, -0.15) is 11.8 Å². The molecule has 0 aromatic rings. The minimum atomic E-state index is 1.11. The molecule has 1 aliphatic heterocycles. The van der Waals surface area contributed by atoms with Gasteiger partial charge in [-0.3, -0.25) is 0 Å². The lowest BCUT2D eigenvalue weighted by Gasteiger charge is -2.21. The number of hydrogen-bond donors (Lipinski definition) is 0. The molecule has 0 aromatic carbocycles. The Kier molecular flexibility index (Phi) is 9.02. The highest BCUT2D eigenvalue weighted by molar-refractivity contribution is 9.09. The minimum absolute atomic E-state index is 1.11. The summed E-state index contributed by atoms with van der Waals surface area (Å²) in [5, 5.41) is 1.11. The van der Waals surface area contributed by atoms with Gasteiger partial charge in [0.2, 0.25) is 0 Å². The normalized spacial score (nSPS) is 19.9. The molecule has 1 rings (SSSR count). The van der Waals surface area contributed by atoms with Gasteiger partial charge in [-0.05, 0) is 44.0 Å². The van der Waals surface area contributed by atoms with Crippen molar-refractivity contribution >= 4 is 27.7 Å². The number of nitrogens with zero attached hydrogens (tertiary/aromatic N) is 2. The molecule has 1 saturated heterocycles. The van der Waals surface area contributed by atoms with Crippen LogP contribution < -0.4 is 0 Å². The molecule has 0 spiro atoms. The fourth-order valence-corrected chi connectivity index (χ4v) is 3.25. The van der Waals surface area contributed by atoms with Crippen molar-refractivity contribution in [1.29, 1.82) is 0 Å². The third kappa shape index (κ3) is 6.48. The zero-order chi connectivity index (χ0) is 11.6. The van der Waals surface area contributed by atoms with Gasteiger partial charge in [0.15, 0.2) is 0 Å². The maximum Gasteiger partial charge on any atom is 0.0159 e. The summed E-state index contributed by atoms with van der Waals surface area (Å²) >= 11 is 5.59. The van der Waals surface area contributed by atoms with E-state index in [-0.39, 0.29) is 0 Å². The monoisotopic (exact) mass is 308 g/mol. The predicted molar refractivity (Wildman–Crippen MR) is 78.9 cm³/mol. The summed E-state index contributed by atoms with van der Waals surface area (Å²) in [5.74, 6) is 2.59. The highest BCUT2D eigenvalue weighted by atomic mass is 79.9. The lowest BCUT2D eigenvalue weighted by atomic mass is 10.3. The first-order chi connectivity index (χ1) is 7.86.